The summed E-state index contributed by atoms with van der Waals surface area (Å²) in [5, 5.41) is 3.47. The zero-order valence-corrected chi connectivity index (χ0v) is 13.1. The van der Waals surface area contributed by atoms with Crippen LogP contribution in [0.25, 0.3) is 10.9 Å². The van der Waals surface area contributed by atoms with E-state index >= 15 is 0 Å². The summed E-state index contributed by atoms with van der Waals surface area (Å²) in [5.41, 5.74) is 2.74. The molecule has 23 heavy (non-hydrogen) atoms. The molecule has 2 aromatic heterocycles. The summed E-state index contributed by atoms with van der Waals surface area (Å²) in [4.78, 5) is 24.3. The van der Waals surface area contributed by atoms with Gasteiger partial charge in [-0.2, -0.15) is 0 Å². The van der Waals surface area contributed by atoms with Crippen molar-refractivity contribution in [3.63, 3.8) is 0 Å². The van der Waals surface area contributed by atoms with Gasteiger partial charge in [0.2, 0.25) is 5.91 Å². The molecule has 0 atom stereocenters. The first-order valence-corrected chi connectivity index (χ1v) is 7.44. The van der Waals surface area contributed by atoms with Gasteiger partial charge in [0.1, 0.15) is 12.3 Å². The van der Waals surface area contributed by atoms with Gasteiger partial charge < -0.3 is 14.3 Å². The van der Waals surface area contributed by atoms with Crippen LogP contribution in [-0.4, -0.2) is 10.5 Å². The van der Waals surface area contributed by atoms with Crippen LogP contribution in [0.4, 0.5) is 0 Å². The first kappa shape index (κ1) is 15.1. The maximum atomic E-state index is 12.2. The minimum atomic E-state index is -0.134. The highest BCUT2D eigenvalue weighted by molar-refractivity contribution is 5.85. The molecule has 0 saturated carbocycles. The van der Waals surface area contributed by atoms with Gasteiger partial charge in [-0.25, -0.2) is 0 Å². The number of furan rings is 1. The maximum absolute atomic E-state index is 12.2. The van der Waals surface area contributed by atoms with Crippen molar-refractivity contribution in [1.29, 1.82) is 0 Å². The molecule has 0 unspecified atom stereocenters. The van der Waals surface area contributed by atoms with Gasteiger partial charge in [0, 0.05) is 17.6 Å². The highest BCUT2D eigenvalue weighted by atomic mass is 16.3. The molecule has 0 aliphatic carbocycles. The van der Waals surface area contributed by atoms with Crippen molar-refractivity contribution in [3.05, 3.63) is 69.9 Å². The molecule has 2 heterocycles. The lowest BCUT2D eigenvalue weighted by Crippen LogP contribution is -2.27. The molecule has 3 aromatic rings. The van der Waals surface area contributed by atoms with Crippen molar-refractivity contribution >= 4 is 16.8 Å². The van der Waals surface area contributed by atoms with Gasteiger partial charge in [0.25, 0.3) is 0 Å². The number of benzene rings is 1. The van der Waals surface area contributed by atoms with E-state index in [2.05, 4.69) is 5.32 Å². The predicted molar refractivity (Wildman–Crippen MR) is 88.2 cm³/mol. The Balaban J connectivity index is 1.86. The third kappa shape index (κ3) is 3.18. The number of aromatic nitrogens is 1. The highest BCUT2D eigenvalue weighted by Gasteiger charge is 2.10. The molecule has 1 aromatic carbocycles. The van der Waals surface area contributed by atoms with Crippen LogP contribution in [0.2, 0.25) is 0 Å². The number of amides is 1. The minimum absolute atomic E-state index is 0.0234. The monoisotopic (exact) mass is 310 g/mol. The lowest BCUT2D eigenvalue weighted by atomic mass is 10.1. The lowest BCUT2D eigenvalue weighted by molar-refractivity contribution is -0.121. The molecule has 0 aliphatic rings. The molecular weight excluding hydrogens is 292 g/mol. The Bertz CT molecular complexity index is 908. The van der Waals surface area contributed by atoms with Gasteiger partial charge in [-0.05, 0) is 43.2 Å². The average Bonchev–Trinajstić information content (AvgIpc) is 3.01. The number of rotatable bonds is 4. The Morgan fingerprint density at radius 3 is 2.83 bits per heavy atom. The Labute approximate surface area is 133 Å². The number of carbonyl (C=O) groups is 1. The molecule has 0 bridgehead atoms. The summed E-state index contributed by atoms with van der Waals surface area (Å²) in [5.74, 6) is 0.570. The van der Waals surface area contributed by atoms with Crippen LogP contribution in [0.1, 0.15) is 16.9 Å². The first-order valence-electron chi connectivity index (χ1n) is 7.44. The second-order valence-corrected chi connectivity index (χ2v) is 5.64. The molecule has 1 amide bonds. The third-order valence-electron chi connectivity index (χ3n) is 3.77. The van der Waals surface area contributed by atoms with Gasteiger partial charge in [0.15, 0.2) is 5.43 Å². The van der Waals surface area contributed by atoms with Crippen LogP contribution in [0.15, 0.2) is 52.0 Å². The Morgan fingerprint density at radius 1 is 1.26 bits per heavy atom. The number of hydrogen-bond donors (Lipinski definition) is 1. The van der Waals surface area contributed by atoms with E-state index < -0.39 is 0 Å². The molecule has 118 valence electrons. The van der Waals surface area contributed by atoms with Gasteiger partial charge >= 0.3 is 0 Å². The number of nitrogens with zero attached hydrogens (tertiary/aromatic N) is 1. The number of pyridine rings is 1. The summed E-state index contributed by atoms with van der Waals surface area (Å²) in [6.45, 7) is 4.39. The predicted octanol–water partition coefficient (Wildman–Crippen LogP) is 2.53. The number of carbonyl (C=O) groups excluding carboxylic acids is 1. The largest absolute Gasteiger partial charge is 0.467 e. The molecular formula is C18H18N2O3. The zero-order chi connectivity index (χ0) is 16.4. The van der Waals surface area contributed by atoms with Crippen molar-refractivity contribution in [2.24, 2.45) is 0 Å². The lowest BCUT2D eigenvalue weighted by Gasteiger charge is -2.12. The third-order valence-corrected chi connectivity index (χ3v) is 3.77. The molecule has 1 N–H and O–H groups in total. The molecule has 0 spiro atoms. The fourth-order valence-corrected chi connectivity index (χ4v) is 2.76. The van der Waals surface area contributed by atoms with E-state index in [9.17, 15) is 9.59 Å². The fraction of sp³-hybridized carbons (Fsp3) is 0.222. The second kappa shape index (κ2) is 6.12. The van der Waals surface area contributed by atoms with Crippen LogP contribution < -0.4 is 10.7 Å². The maximum Gasteiger partial charge on any atom is 0.240 e. The minimum Gasteiger partial charge on any atom is -0.467 e. The number of hydrogen-bond acceptors (Lipinski definition) is 3. The van der Waals surface area contributed by atoms with Crippen LogP contribution in [0, 0.1) is 13.8 Å². The first-order chi connectivity index (χ1) is 11.0. The quantitative estimate of drug-likeness (QED) is 0.805. The van der Waals surface area contributed by atoms with E-state index in [-0.39, 0.29) is 17.9 Å². The molecule has 3 rings (SSSR count). The van der Waals surface area contributed by atoms with Gasteiger partial charge in [-0.15, -0.1) is 0 Å². The van der Waals surface area contributed by atoms with Gasteiger partial charge in [-0.3, -0.25) is 9.59 Å². The van der Waals surface area contributed by atoms with E-state index in [1.807, 2.05) is 32.0 Å². The summed E-state index contributed by atoms with van der Waals surface area (Å²) < 4.78 is 6.99. The van der Waals surface area contributed by atoms with E-state index in [0.717, 1.165) is 16.6 Å². The van der Waals surface area contributed by atoms with Crippen LogP contribution in [-0.2, 0) is 17.9 Å². The molecule has 0 aliphatic heterocycles. The fourth-order valence-electron chi connectivity index (χ4n) is 2.76. The van der Waals surface area contributed by atoms with Crippen molar-refractivity contribution in [2.45, 2.75) is 26.9 Å². The van der Waals surface area contributed by atoms with Crippen molar-refractivity contribution in [1.82, 2.24) is 9.88 Å². The smallest absolute Gasteiger partial charge is 0.240 e. The van der Waals surface area contributed by atoms with Crippen molar-refractivity contribution in [3.8, 4) is 0 Å². The standard InChI is InChI=1S/C18H18N2O3/c1-12-8-13(2)18-15(9-12)20(6-5-16(18)21)11-17(22)19-10-14-4-3-7-23-14/h3-9H,10-11H2,1-2H3,(H,19,22). The Morgan fingerprint density at radius 2 is 2.09 bits per heavy atom. The molecule has 0 fully saturated rings. The SMILES string of the molecule is Cc1cc(C)c2c(=O)ccn(CC(=O)NCc3ccco3)c2c1. The van der Waals surface area contributed by atoms with Gasteiger partial charge in [0.05, 0.1) is 18.3 Å². The van der Waals surface area contributed by atoms with E-state index in [0.29, 0.717) is 17.7 Å². The molecule has 0 radical (unpaired) electrons. The van der Waals surface area contributed by atoms with Gasteiger partial charge in [-0.1, -0.05) is 6.07 Å². The van der Waals surface area contributed by atoms with E-state index in [1.54, 1.807) is 23.1 Å². The van der Waals surface area contributed by atoms with Crippen LogP contribution >= 0.6 is 0 Å². The number of fused-ring (bicyclic) bond motifs is 1. The second-order valence-electron chi connectivity index (χ2n) is 5.64. The molecule has 5 nitrogen and oxygen atoms in total. The van der Waals surface area contributed by atoms with E-state index in [4.69, 9.17) is 4.42 Å². The normalized spacial score (nSPS) is 10.9. The van der Waals surface area contributed by atoms with Crippen molar-refractivity contribution in [2.75, 3.05) is 0 Å². The Hall–Kier alpha value is -2.82. The number of aryl methyl sites for hydroxylation is 2. The average molecular weight is 310 g/mol. The molecule has 0 saturated heterocycles. The molecule has 5 heteroatoms. The summed E-state index contributed by atoms with van der Waals surface area (Å²) >= 11 is 0. The summed E-state index contributed by atoms with van der Waals surface area (Å²) in [7, 11) is 0. The number of nitrogens with one attached hydrogen (secondary N) is 1. The summed E-state index contributed by atoms with van der Waals surface area (Å²) in [6, 6.07) is 9.00. The van der Waals surface area contributed by atoms with E-state index in [1.165, 1.54) is 6.07 Å². The van der Waals surface area contributed by atoms with Crippen LogP contribution in [0.3, 0.4) is 0 Å². The topological polar surface area (TPSA) is 64.2 Å². The van der Waals surface area contributed by atoms with Crippen LogP contribution in [0.5, 0.6) is 0 Å². The zero-order valence-electron chi connectivity index (χ0n) is 13.1. The van der Waals surface area contributed by atoms with Crippen molar-refractivity contribution < 1.29 is 9.21 Å². The highest BCUT2D eigenvalue weighted by Crippen LogP contribution is 2.17. The Kier molecular flexibility index (Phi) is 4.02. The summed E-state index contributed by atoms with van der Waals surface area (Å²) in [6.07, 6.45) is 3.23.